The molecule has 0 aliphatic carbocycles. The normalized spacial score (nSPS) is 10.8. The lowest BCUT2D eigenvalue weighted by molar-refractivity contribution is 0.104. The molecule has 1 heterocycles. The third-order valence-corrected chi connectivity index (χ3v) is 4.18. The number of halogens is 1. The highest BCUT2D eigenvalue weighted by molar-refractivity contribution is 9.10. The van der Waals surface area contributed by atoms with E-state index in [0.29, 0.717) is 29.4 Å². The van der Waals surface area contributed by atoms with Crippen LogP contribution >= 0.6 is 15.9 Å². The zero-order valence-corrected chi connectivity index (χ0v) is 15.7. The Morgan fingerprint density at radius 1 is 1.08 bits per heavy atom. The van der Waals surface area contributed by atoms with E-state index in [2.05, 4.69) is 15.9 Å². The third-order valence-electron chi connectivity index (χ3n) is 3.65. The fraction of sp³-hybridized carbons (Fsp3) is 0.0952. The Labute approximate surface area is 160 Å². The lowest BCUT2D eigenvalue weighted by Gasteiger charge is -2.04. The van der Waals surface area contributed by atoms with Crippen LogP contribution in [0, 0.1) is 0 Å². The number of allylic oxidation sites excluding steroid dienone is 1. The molecule has 3 rings (SSSR count). The van der Waals surface area contributed by atoms with Crippen molar-refractivity contribution in [3.05, 3.63) is 88.3 Å². The van der Waals surface area contributed by atoms with E-state index < -0.39 is 0 Å². The van der Waals surface area contributed by atoms with Crippen LogP contribution in [0.5, 0.6) is 11.5 Å². The van der Waals surface area contributed by atoms with Crippen LogP contribution in [0.2, 0.25) is 0 Å². The molecule has 0 saturated carbocycles. The minimum absolute atomic E-state index is 0.147. The first kappa shape index (κ1) is 18.0. The maximum atomic E-state index is 12.3. The molecule has 0 N–H and O–H groups in total. The molecule has 0 fully saturated rings. The van der Waals surface area contributed by atoms with Crippen LogP contribution in [-0.4, -0.2) is 12.9 Å². The minimum atomic E-state index is -0.147. The van der Waals surface area contributed by atoms with E-state index in [0.717, 1.165) is 10.2 Å². The maximum absolute atomic E-state index is 12.3. The average molecular weight is 413 g/mol. The molecule has 0 aliphatic heterocycles. The predicted molar refractivity (Wildman–Crippen MR) is 104 cm³/mol. The number of methoxy groups -OCH3 is 1. The smallest absolute Gasteiger partial charge is 0.189 e. The number of ketones is 1. The summed E-state index contributed by atoms with van der Waals surface area (Å²) in [5.74, 6) is 2.42. The maximum Gasteiger partial charge on any atom is 0.189 e. The van der Waals surface area contributed by atoms with Crippen molar-refractivity contribution in [2.24, 2.45) is 0 Å². The molecule has 2 aromatic carbocycles. The highest BCUT2D eigenvalue weighted by Crippen LogP contribution is 2.20. The van der Waals surface area contributed by atoms with Crippen molar-refractivity contribution in [3.8, 4) is 11.5 Å². The molecule has 1 aromatic heterocycles. The number of hydrogen-bond acceptors (Lipinski definition) is 4. The van der Waals surface area contributed by atoms with Crippen LogP contribution in [0.4, 0.5) is 0 Å². The van der Waals surface area contributed by atoms with Gasteiger partial charge in [-0.3, -0.25) is 4.79 Å². The second-order valence-electron chi connectivity index (χ2n) is 5.44. The lowest BCUT2D eigenvalue weighted by atomic mass is 10.1. The summed E-state index contributed by atoms with van der Waals surface area (Å²) in [6, 6.07) is 18.3. The first-order chi connectivity index (χ1) is 12.7. The summed E-state index contributed by atoms with van der Waals surface area (Å²) in [5.41, 5.74) is 0.511. The van der Waals surface area contributed by atoms with E-state index in [4.69, 9.17) is 13.9 Å². The topological polar surface area (TPSA) is 48.7 Å². The Bertz CT molecular complexity index is 910. The van der Waals surface area contributed by atoms with Crippen molar-refractivity contribution in [1.82, 2.24) is 0 Å². The predicted octanol–water partition coefficient (Wildman–Crippen LogP) is 5.53. The van der Waals surface area contributed by atoms with Crippen LogP contribution in [0.15, 0.2) is 75.6 Å². The van der Waals surface area contributed by atoms with Gasteiger partial charge >= 0.3 is 0 Å². The van der Waals surface area contributed by atoms with Gasteiger partial charge in [-0.05, 0) is 60.7 Å². The summed E-state index contributed by atoms with van der Waals surface area (Å²) < 4.78 is 17.5. The molecular formula is C21H17BrO4. The number of hydrogen-bond donors (Lipinski definition) is 0. The van der Waals surface area contributed by atoms with Crippen molar-refractivity contribution in [3.63, 3.8) is 0 Å². The first-order valence-electron chi connectivity index (χ1n) is 7.98. The van der Waals surface area contributed by atoms with Gasteiger partial charge in [-0.25, -0.2) is 0 Å². The molecule has 0 radical (unpaired) electrons. The van der Waals surface area contributed by atoms with Gasteiger partial charge < -0.3 is 13.9 Å². The van der Waals surface area contributed by atoms with Crippen LogP contribution in [0.3, 0.4) is 0 Å². The minimum Gasteiger partial charge on any atom is -0.496 e. The molecule has 5 heteroatoms. The molecule has 0 aliphatic rings. The molecule has 3 aromatic rings. The van der Waals surface area contributed by atoms with Crippen LogP contribution in [0.25, 0.3) is 6.08 Å². The number of para-hydroxylation sites is 1. The zero-order valence-electron chi connectivity index (χ0n) is 14.1. The standard InChI is InChI=1S/C21H17BrO4/c1-24-21-5-3-2-4-19(21)20(23)13-12-17-10-11-18(26-17)14-25-16-8-6-15(22)7-9-16/h2-13H,14H2,1H3/b13-12+. The van der Waals surface area contributed by atoms with Crippen LogP contribution in [0.1, 0.15) is 21.9 Å². The summed E-state index contributed by atoms with van der Waals surface area (Å²) in [5, 5.41) is 0. The molecule has 0 bridgehead atoms. The van der Waals surface area contributed by atoms with Gasteiger partial charge in [0.15, 0.2) is 5.78 Å². The van der Waals surface area contributed by atoms with E-state index >= 15 is 0 Å². The summed E-state index contributed by atoms with van der Waals surface area (Å²) >= 11 is 3.38. The van der Waals surface area contributed by atoms with E-state index in [-0.39, 0.29) is 5.78 Å². The van der Waals surface area contributed by atoms with Gasteiger partial charge in [0.2, 0.25) is 0 Å². The van der Waals surface area contributed by atoms with Gasteiger partial charge in [-0.1, -0.05) is 28.1 Å². The lowest BCUT2D eigenvalue weighted by Crippen LogP contribution is -1.98. The van der Waals surface area contributed by atoms with E-state index in [1.165, 1.54) is 6.08 Å². The quantitative estimate of drug-likeness (QED) is 0.378. The first-order valence-corrected chi connectivity index (χ1v) is 8.77. The monoisotopic (exact) mass is 412 g/mol. The van der Waals surface area contributed by atoms with Crippen molar-refractivity contribution < 1.29 is 18.7 Å². The molecule has 4 nitrogen and oxygen atoms in total. The van der Waals surface area contributed by atoms with Crippen molar-refractivity contribution in [1.29, 1.82) is 0 Å². The Morgan fingerprint density at radius 2 is 1.85 bits per heavy atom. The van der Waals surface area contributed by atoms with Crippen molar-refractivity contribution >= 4 is 27.8 Å². The van der Waals surface area contributed by atoms with Gasteiger partial charge in [-0.2, -0.15) is 0 Å². The summed E-state index contributed by atoms with van der Waals surface area (Å²) in [7, 11) is 1.54. The molecule has 0 atom stereocenters. The second-order valence-corrected chi connectivity index (χ2v) is 6.36. The summed E-state index contributed by atoms with van der Waals surface area (Å²) in [6.07, 6.45) is 3.11. The largest absolute Gasteiger partial charge is 0.496 e. The van der Waals surface area contributed by atoms with E-state index in [9.17, 15) is 4.79 Å². The van der Waals surface area contributed by atoms with Crippen LogP contribution < -0.4 is 9.47 Å². The average Bonchev–Trinajstić information content (AvgIpc) is 3.13. The molecule has 0 saturated heterocycles. The molecule has 0 unspecified atom stereocenters. The molecule has 132 valence electrons. The Kier molecular flexibility index (Phi) is 5.92. The van der Waals surface area contributed by atoms with Crippen molar-refractivity contribution in [2.75, 3.05) is 7.11 Å². The highest BCUT2D eigenvalue weighted by Gasteiger charge is 2.08. The van der Waals surface area contributed by atoms with E-state index in [1.54, 1.807) is 37.5 Å². The number of rotatable bonds is 7. The Morgan fingerprint density at radius 3 is 2.62 bits per heavy atom. The zero-order chi connectivity index (χ0) is 18.4. The van der Waals surface area contributed by atoms with E-state index in [1.807, 2.05) is 36.4 Å². The fourth-order valence-corrected chi connectivity index (χ4v) is 2.61. The highest BCUT2D eigenvalue weighted by atomic mass is 79.9. The number of furan rings is 1. The third kappa shape index (κ3) is 4.64. The van der Waals surface area contributed by atoms with Gasteiger partial charge in [-0.15, -0.1) is 0 Å². The van der Waals surface area contributed by atoms with Gasteiger partial charge in [0.1, 0.15) is 29.6 Å². The SMILES string of the molecule is COc1ccccc1C(=O)/C=C/c1ccc(COc2ccc(Br)cc2)o1. The molecule has 26 heavy (non-hydrogen) atoms. The fourth-order valence-electron chi connectivity index (χ4n) is 2.34. The number of benzene rings is 2. The molecular weight excluding hydrogens is 396 g/mol. The Balaban J connectivity index is 1.61. The van der Waals surface area contributed by atoms with Gasteiger partial charge in [0.05, 0.1) is 12.7 Å². The number of carbonyl (C=O) groups excluding carboxylic acids is 1. The number of carbonyl (C=O) groups is 1. The molecule has 0 spiro atoms. The van der Waals surface area contributed by atoms with Crippen LogP contribution in [-0.2, 0) is 6.61 Å². The summed E-state index contributed by atoms with van der Waals surface area (Å²) in [4.78, 5) is 12.3. The Hall–Kier alpha value is -2.79. The van der Waals surface area contributed by atoms with Gasteiger partial charge in [0, 0.05) is 4.47 Å². The second kappa shape index (κ2) is 8.54. The summed E-state index contributed by atoms with van der Waals surface area (Å²) in [6.45, 7) is 0.315. The molecule has 0 amide bonds. The van der Waals surface area contributed by atoms with Crippen molar-refractivity contribution in [2.45, 2.75) is 6.61 Å². The number of ether oxygens (including phenoxy) is 2. The van der Waals surface area contributed by atoms with Gasteiger partial charge in [0.25, 0.3) is 0 Å².